The van der Waals surface area contributed by atoms with Crippen LogP contribution in [-0.2, 0) is 20.1 Å². The lowest BCUT2D eigenvalue weighted by Gasteiger charge is -2.37. The largest absolute Gasteiger partial charge is 0.444 e. The summed E-state index contributed by atoms with van der Waals surface area (Å²) in [5.41, 5.74) is 0.326. The molecule has 0 spiro atoms. The van der Waals surface area contributed by atoms with Crippen LogP contribution in [-0.4, -0.2) is 55.5 Å². The number of nitrogens with zero attached hydrogens (tertiary/aromatic N) is 2. The fourth-order valence-electron chi connectivity index (χ4n) is 2.88. The third-order valence-corrected chi connectivity index (χ3v) is 6.79. The van der Waals surface area contributed by atoms with Crippen molar-refractivity contribution < 1.29 is 17.9 Å². The van der Waals surface area contributed by atoms with E-state index in [1.54, 1.807) is 25.2 Å². The van der Waals surface area contributed by atoms with Gasteiger partial charge in [0.05, 0.1) is 4.90 Å². The maximum atomic E-state index is 13.0. The lowest BCUT2D eigenvalue weighted by Crippen LogP contribution is -2.51. The summed E-state index contributed by atoms with van der Waals surface area (Å²) in [6.07, 6.45) is 1.03. The number of likely N-dealkylation sites (N-methyl/N-ethyl adjacent to an activating group) is 1. The number of ether oxygens (including phenoxy) is 1. The SMILES string of the molecule is CN(C(=O)OC(C)(C)C)[C@@H]1CCCN(S(=O)(=O)c2cccc(CBr)c2)C1. The van der Waals surface area contributed by atoms with Gasteiger partial charge in [0.25, 0.3) is 0 Å². The first-order valence-electron chi connectivity index (χ1n) is 8.65. The number of carbonyl (C=O) groups excluding carboxylic acids is 1. The lowest BCUT2D eigenvalue weighted by molar-refractivity contribution is 0.0173. The number of piperidine rings is 1. The van der Waals surface area contributed by atoms with E-state index in [4.69, 9.17) is 4.74 Å². The highest BCUT2D eigenvalue weighted by Gasteiger charge is 2.34. The highest BCUT2D eigenvalue weighted by atomic mass is 79.9. The molecule has 1 amide bonds. The Labute approximate surface area is 164 Å². The zero-order valence-corrected chi connectivity index (χ0v) is 18.1. The summed E-state index contributed by atoms with van der Waals surface area (Å²) in [5, 5.41) is 0.598. The second-order valence-corrected chi connectivity index (χ2v) is 10.0. The monoisotopic (exact) mass is 446 g/mol. The predicted molar refractivity (Wildman–Crippen MR) is 105 cm³/mol. The third-order valence-electron chi connectivity index (χ3n) is 4.28. The van der Waals surface area contributed by atoms with Gasteiger partial charge in [-0.2, -0.15) is 4.31 Å². The van der Waals surface area contributed by atoms with Crippen molar-refractivity contribution in [1.29, 1.82) is 0 Å². The number of benzene rings is 1. The molecular weight excluding hydrogens is 420 g/mol. The number of hydrogen-bond donors (Lipinski definition) is 0. The van der Waals surface area contributed by atoms with Gasteiger partial charge in [-0.25, -0.2) is 13.2 Å². The topological polar surface area (TPSA) is 66.9 Å². The number of halogens is 1. The van der Waals surface area contributed by atoms with Gasteiger partial charge >= 0.3 is 6.09 Å². The van der Waals surface area contributed by atoms with Crippen molar-refractivity contribution >= 4 is 32.0 Å². The van der Waals surface area contributed by atoms with E-state index < -0.39 is 21.7 Å². The van der Waals surface area contributed by atoms with Crippen molar-refractivity contribution in [2.24, 2.45) is 0 Å². The van der Waals surface area contributed by atoms with Crippen molar-refractivity contribution in [3.8, 4) is 0 Å². The Balaban J connectivity index is 2.15. The van der Waals surface area contributed by atoms with E-state index in [0.717, 1.165) is 12.0 Å². The predicted octanol–water partition coefficient (Wildman–Crippen LogP) is 3.60. The molecule has 1 aliphatic rings. The molecular formula is C18H27BrN2O4S. The first-order chi connectivity index (χ1) is 12.0. The van der Waals surface area contributed by atoms with E-state index in [1.165, 1.54) is 9.21 Å². The molecule has 8 heteroatoms. The summed E-state index contributed by atoms with van der Waals surface area (Å²) in [5.74, 6) is 0. The molecule has 1 aromatic rings. The van der Waals surface area contributed by atoms with E-state index in [0.29, 0.717) is 18.3 Å². The summed E-state index contributed by atoms with van der Waals surface area (Å²) in [6.45, 7) is 6.17. The van der Waals surface area contributed by atoms with Crippen LogP contribution in [0.25, 0.3) is 0 Å². The molecule has 6 nitrogen and oxygen atoms in total. The molecule has 0 radical (unpaired) electrons. The van der Waals surface area contributed by atoms with Gasteiger partial charge in [0.2, 0.25) is 10.0 Å². The molecule has 0 unspecified atom stereocenters. The van der Waals surface area contributed by atoms with Crippen LogP contribution >= 0.6 is 15.9 Å². The van der Waals surface area contributed by atoms with Gasteiger partial charge in [-0.3, -0.25) is 0 Å². The normalized spacial score (nSPS) is 19.2. The number of rotatable bonds is 4. The zero-order chi connectivity index (χ0) is 19.5. The Morgan fingerprint density at radius 2 is 2.08 bits per heavy atom. The fourth-order valence-corrected chi connectivity index (χ4v) is 4.81. The Hall–Kier alpha value is -1.12. The summed E-state index contributed by atoms with van der Waals surface area (Å²) in [7, 11) is -1.92. The van der Waals surface area contributed by atoms with Gasteiger partial charge in [0, 0.05) is 31.5 Å². The maximum Gasteiger partial charge on any atom is 0.410 e. The second kappa shape index (κ2) is 8.27. The van der Waals surface area contributed by atoms with Gasteiger partial charge in [-0.15, -0.1) is 0 Å². The van der Waals surface area contributed by atoms with Crippen molar-refractivity contribution in [2.45, 2.75) is 55.5 Å². The smallest absolute Gasteiger partial charge is 0.410 e. The standard InChI is InChI=1S/C18H27BrN2O4S/c1-18(2,3)25-17(22)20(4)15-8-6-10-21(13-15)26(23,24)16-9-5-7-14(11-16)12-19/h5,7,9,11,15H,6,8,10,12-13H2,1-4H3/t15-/m1/s1. The van der Waals surface area contributed by atoms with Gasteiger partial charge in [0.1, 0.15) is 5.60 Å². The van der Waals surface area contributed by atoms with Crippen LogP contribution in [0.5, 0.6) is 0 Å². The van der Waals surface area contributed by atoms with E-state index in [-0.39, 0.29) is 17.5 Å². The van der Waals surface area contributed by atoms with Crippen LogP contribution < -0.4 is 0 Å². The molecule has 0 aliphatic carbocycles. The Bertz CT molecular complexity index is 746. The quantitative estimate of drug-likeness (QED) is 0.662. The molecule has 1 heterocycles. The first-order valence-corrected chi connectivity index (χ1v) is 11.2. The van der Waals surface area contributed by atoms with Gasteiger partial charge < -0.3 is 9.64 Å². The molecule has 0 bridgehead atoms. The lowest BCUT2D eigenvalue weighted by atomic mass is 10.1. The molecule has 2 rings (SSSR count). The van der Waals surface area contributed by atoms with Crippen molar-refractivity contribution in [3.63, 3.8) is 0 Å². The third kappa shape index (κ3) is 5.20. The van der Waals surface area contributed by atoms with Crippen molar-refractivity contribution in [1.82, 2.24) is 9.21 Å². The van der Waals surface area contributed by atoms with Crippen LogP contribution in [0.4, 0.5) is 4.79 Å². The van der Waals surface area contributed by atoms with E-state index >= 15 is 0 Å². The number of amides is 1. The Morgan fingerprint density at radius 3 is 2.69 bits per heavy atom. The van der Waals surface area contributed by atoms with Crippen LogP contribution in [0.1, 0.15) is 39.2 Å². The second-order valence-electron chi connectivity index (χ2n) is 7.53. The summed E-state index contributed by atoms with van der Waals surface area (Å²) >= 11 is 3.36. The molecule has 1 atom stereocenters. The van der Waals surface area contributed by atoms with Crippen LogP contribution in [0, 0.1) is 0 Å². The minimum absolute atomic E-state index is 0.201. The minimum atomic E-state index is -3.59. The van der Waals surface area contributed by atoms with E-state index in [2.05, 4.69) is 15.9 Å². The van der Waals surface area contributed by atoms with Crippen LogP contribution in [0.15, 0.2) is 29.2 Å². The van der Waals surface area contributed by atoms with E-state index in [1.807, 2.05) is 26.8 Å². The molecule has 0 aromatic heterocycles. The summed E-state index contributed by atoms with van der Waals surface area (Å²) in [6, 6.07) is 6.72. The van der Waals surface area contributed by atoms with Gasteiger partial charge in [-0.1, -0.05) is 28.1 Å². The molecule has 1 fully saturated rings. The average Bonchev–Trinajstić information content (AvgIpc) is 2.59. The number of hydrogen-bond acceptors (Lipinski definition) is 4. The Kier molecular flexibility index (Phi) is 6.74. The molecule has 146 valence electrons. The number of sulfonamides is 1. The van der Waals surface area contributed by atoms with Crippen molar-refractivity contribution in [3.05, 3.63) is 29.8 Å². The molecule has 1 saturated heterocycles. The highest BCUT2D eigenvalue weighted by molar-refractivity contribution is 9.08. The van der Waals surface area contributed by atoms with Crippen LogP contribution in [0.3, 0.4) is 0 Å². The zero-order valence-electron chi connectivity index (χ0n) is 15.7. The highest BCUT2D eigenvalue weighted by Crippen LogP contribution is 2.24. The number of alkyl halides is 1. The van der Waals surface area contributed by atoms with Gasteiger partial charge in [-0.05, 0) is 51.3 Å². The Morgan fingerprint density at radius 1 is 1.38 bits per heavy atom. The van der Waals surface area contributed by atoms with Crippen LogP contribution in [0.2, 0.25) is 0 Å². The van der Waals surface area contributed by atoms with Gasteiger partial charge in [0.15, 0.2) is 0 Å². The molecule has 1 aromatic carbocycles. The summed E-state index contributed by atoms with van der Waals surface area (Å²) < 4.78 is 32.9. The van der Waals surface area contributed by atoms with Crippen molar-refractivity contribution in [2.75, 3.05) is 20.1 Å². The van der Waals surface area contributed by atoms with E-state index in [9.17, 15) is 13.2 Å². The first kappa shape index (κ1) is 21.2. The summed E-state index contributed by atoms with van der Waals surface area (Å²) in [4.78, 5) is 14.1. The molecule has 0 saturated carbocycles. The maximum absolute atomic E-state index is 13.0. The average molecular weight is 447 g/mol. The molecule has 1 aliphatic heterocycles. The molecule has 0 N–H and O–H groups in total. The minimum Gasteiger partial charge on any atom is -0.444 e. The fraction of sp³-hybridized carbons (Fsp3) is 0.611. The molecule has 26 heavy (non-hydrogen) atoms. The number of carbonyl (C=O) groups is 1.